The highest BCUT2D eigenvalue weighted by atomic mass is 31.2. The Hall–Kier alpha value is -3.76. The molecule has 5 rings (SSSR count). The number of rotatable bonds is 12. The van der Waals surface area contributed by atoms with E-state index in [0.29, 0.717) is 32.2 Å². The Morgan fingerprint density at radius 2 is 1.72 bits per heavy atom. The molecule has 47 heavy (non-hydrogen) atoms. The van der Waals surface area contributed by atoms with Crippen LogP contribution in [-0.4, -0.2) is 89.1 Å². The molecule has 1 fully saturated rings. The Morgan fingerprint density at radius 3 is 2.38 bits per heavy atom. The van der Waals surface area contributed by atoms with Crippen LogP contribution in [-0.2, 0) is 19.0 Å². The molecule has 1 saturated heterocycles. The number of nitrogens with two attached hydrogens (primary N) is 1. The highest BCUT2D eigenvalue weighted by Crippen LogP contribution is 2.44. The van der Waals surface area contributed by atoms with Crippen LogP contribution in [0.25, 0.3) is 11.1 Å². The number of carbonyl (C=O) groups is 2. The number of hydrogen-bond acceptors (Lipinski definition) is 10. The summed E-state index contributed by atoms with van der Waals surface area (Å²) in [6.07, 6.45) is 4.44. The van der Waals surface area contributed by atoms with Gasteiger partial charge in [0.25, 0.3) is 0 Å². The van der Waals surface area contributed by atoms with Crippen molar-refractivity contribution in [2.45, 2.75) is 63.1 Å². The average molecular weight is 665 g/mol. The largest absolute Gasteiger partial charge is 0.516 e. The zero-order chi connectivity index (χ0) is 33.7. The van der Waals surface area contributed by atoms with Crippen molar-refractivity contribution < 1.29 is 34.0 Å². The molecule has 1 aromatic heterocycles. The standard InChI is InChI=1S/C35H45N4O7P/c1-22(33(42)46-35(43)44-21-27-25-14-7-5-12-23(25)24-13-6-8-15-26(24)27)11-9-10-18-37-34-38-29(36)16-19-39(34)32-31(41)30(40)28(45-32)17-20-47(2,3)4/h5-8,12-16,19,22,27-28,30-32,40-41H,2,9-11,17-18,20-21H2,1,3-4H3,(H2,36,37,38)/t22?,28-,30-,31?,32-/m1/s1. The zero-order valence-electron chi connectivity index (χ0n) is 27.2. The molecule has 11 nitrogen and oxygen atoms in total. The fourth-order valence-electron chi connectivity index (χ4n) is 6.09. The van der Waals surface area contributed by atoms with Crippen LogP contribution in [0, 0.1) is 5.92 Å². The zero-order valence-corrected chi connectivity index (χ0v) is 28.1. The van der Waals surface area contributed by atoms with Gasteiger partial charge < -0.3 is 30.2 Å². The number of hydrogen-bond donors (Lipinski definition) is 3. The van der Waals surface area contributed by atoms with E-state index in [9.17, 15) is 19.8 Å². The fourth-order valence-corrected chi connectivity index (χ4v) is 7.04. The van der Waals surface area contributed by atoms with Crippen molar-refractivity contribution in [2.75, 3.05) is 38.4 Å². The van der Waals surface area contributed by atoms with Crippen LogP contribution in [0.3, 0.4) is 0 Å². The van der Waals surface area contributed by atoms with Gasteiger partial charge in [0, 0.05) is 18.7 Å². The number of aliphatic hydroxyl groups is 2. The van der Waals surface area contributed by atoms with Crippen LogP contribution < -0.4 is 11.4 Å². The maximum Gasteiger partial charge on any atom is 0.516 e. The number of fused-ring (bicyclic) bond motifs is 3. The summed E-state index contributed by atoms with van der Waals surface area (Å²) in [4.78, 5) is 33.9. The fraction of sp³-hybridized carbons (Fsp3) is 0.457. The number of anilines is 1. The Labute approximate surface area is 275 Å². The van der Waals surface area contributed by atoms with Gasteiger partial charge in [-0.1, -0.05) is 61.9 Å². The second kappa shape index (κ2) is 15.0. The minimum atomic E-state index is -1.32. The van der Waals surface area contributed by atoms with Crippen LogP contribution in [0.5, 0.6) is 0 Å². The lowest BCUT2D eigenvalue weighted by molar-refractivity contribution is -0.144. The molecule has 0 radical (unpaired) electrons. The topological polar surface area (TPSA) is 158 Å². The molecular weight excluding hydrogens is 619 g/mol. The molecule has 2 heterocycles. The van der Waals surface area contributed by atoms with E-state index in [2.05, 4.69) is 41.7 Å². The number of ether oxygens (including phenoxy) is 3. The van der Waals surface area contributed by atoms with Crippen molar-refractivity contribution in [1.82, 2.24) is 9.55 Å². The van der Waals surface area contributed by atoms with Crippen molar-refractivity contribution in [3.8, 4) is 11.1 Å². The summed E-state index contributed by atoms with van der Waals surface area (Å²) in [7, 11) is 0. The molecular formula is C35H45N4O7P. The Morgan fingerprint density at radius 1 is 1.06 bits per heavy atom. The maximum atomic E-state index is 12.6. The molecule has 12 heteroatoms. The Kier molecular flexibility index (Phi) is 11.0. The van der Waals surface area contributed by atoms with Gasteiger partial charge >= 0.3 is 12.1 Å². The van der Waals surface area contributed by atoms with Gasteiger partial charge in [0.2, 0.25) is 5.62 Å². The Bertz CT molecular complexity index is 1660. The van der Waals surface area contributed by atoms with Crippen LogP contribution >= 0.6 is 6.89 Å². The lowest BCUT2D eigenvalue weighted by atomic mass is 9.98. The second-order valence-electron chi connectivity index (χ2n) is 13.0. The van der Waals surface area contributed by atoms with E-state index < -0.39 is 49.5 Å². The smallest absolute Gasteiger partial charge is 0.433 e. The first-order chi connectivity index (χ1) is 22.4. The molecule has 0 amide bonds. The SMILES string of the molecule is C=P(C)(C)CC[C@H]1O[C@@H](n2ccc(N)nc2=NCCCCC(C)C(=O)OC(=O)OCC2c3ccccc3-c3ccccc32)C(O)[C@@H]1O. The third kappa shape index (κ3) is 8.40. The van der Waals surface area contributed by atoms with Crippen molar-refractivity contribution in [3.63, 3.8) is 0 Å². The third-order valence-corrected chi connectivity index (χ3v) is 10.2. The van der Waals surface area contributed by atoms with E-state index in [4.69, 9.17) is 19.9 Å². The van der Waals surface area contributed by atoms with Gasteiger partial charge in [0.15, 0.2) is 6.23 Å². The number of aliphatic hydroxyl groups excluding tert-OH is 2. The summed E-state index contributed by atoms with van der Waals surface area (Å²) in [5.41, 5.74) is 10.6. The first-order valence-electron chi connectivity index (χ1n) is 16.0. The number of carbonyl (C=O) groups excluding carboxylic acids is 2. The number of esters is 1. The quantitative estimate of drug-likeness (QED) is 0.111. The number of aromatic nitrogens is 2. The van der Waals surface area contributed by atoms with E-state index in [-0.39, 0.29) is 24.0 Å². The monoisotopic (exact) mass is 664 g/mol. The summed E-state index contributed by atoms with van der Waals surface area (Å²) in [6, 6.07) is 17.6. The lowest BCUT2D eigenvalue weighted by Gasteiger charge is -2.19. The predicted molar refractivity (Wildman–Crippen MR) is 183 cm³/mol. The highest BCUT2D eigenvalue weighted by Gasteiger charge is 2.43. The van der Waals surface area contributed by atoms with Crippen LogP contribution in [0.15, 0.2) is 65.8 Å². The number of nitrogen functional groups attached to an aromatic ring is 1. The predicted octanol–water partition coefficient (Wildman–Crippen LogP) is 4.38. The minimum Gasteiger partial charge on any atom is -0.433 e. The van der Waals surface area contributed by atoms with Gasteiger partial charge in [-0.25, -0.2) is 4.79 Å². The van der Waals surface area contributed by atoms with E-state index in [0.717, 1.165) is 28.4 Å². The van der Waals surface area contributed by atoms with E-state index in [1.54, 1.807) is 23.8 Å². The van der Waals surface area contributed by atoms with Crippen molar-refractivity contribution in [1.29, 1.82) is 0 Å². The van der Waals surface area contributed by atoms with Crippen molar-refractivity contribution in [3.05, 3.63) is 77.5 Å². The number of unbranched alkanes of at least 4 members (excludes halogenated alkanes) is 1. The van der Waals surface area contributed by atoms with Gasteiger partial charge in [-0.2, -0.15) is 4.98 Å². The summed E-state index contributed by atoms with van der Waals surface area (Å²) >= 11 is 0. The molecule has 1 aliphatic carbocycles. The summed E-state index contributed by atoms with van der Waals surface area (Å²) in [5.74, 6) is -1.02. The molecule has 4 N–H and O–H groups in total. The molecule has 2 aliphatic rings. The highest BCUT2D eigenvalue weighted by molar-refractivity contribution is 7.72. The second-order valence-corrected chi connectivity index (χ2v) is 17.4. The molecule has 252 valence electrons. The minimum absolute atomic E-state index is 0.0756. The molecule has 1 aliphatic heterocycles. The van der Waals surface area contributed by atoms with E-state index >= 15 is 0 Å². The van der Waals surface area contributed by atoms with Crippen LogP contribution in [0.1, 0.15) is 55.9 Å². The van der Waals surface area contributed by atoms with Gasteiger partial charge in [0.05, 0.1) is 12.0 Å². The van der Waals surface area contributed by atoms with E-state index in [1.807, 2.05) is 36.4 Å². The first kappa shape index (κ1) is 34.6. The summed E-state index contributed by atoms with van der Waals surface area (Å²) in [5, 5.41) is 21.4. The molecule has 5 atom stereocenters. The average Bonchev–Trinajstić information content (AvgIpc) is 3.51. The van der Waals surface area contributed by atoms with Gasteiger partial charge in [-0.15, -0.1) is 13.2 Å². The van der Waals surface area contributed by atoms with Gasteiger partial charge in [-0.3, -0.25) is 14.4 Å². The van der Waals surface area contributed by atoms with Crippen LogP contribution in [0.2, 0.25) is 0 Å². The number of nitrogens with zero attached hydrogens (tertiary/aromatic N) is 3. The normalized spacial score (nSPS) is 21.7. The van der Waals surface area contributed by atoms with Crippen LogP contribution in [0.4, 0.5) is 10.6 Å². The molecule has 0 bridgehead atoms. The third-order valence-electron chi connectivity index (χ3n) is 8.71. The summed E-state index contributed by atoms with van der Waals surface area (Å²) in [6.45, 7) is 5.07. The lowest BCUT2D eigenvalue weighted by Crippen LogP contribution is -2.36. The molecule has 2 aromatic carbocycles. The van der Waals surface area contributed by atoms with Crippen molar-refractivity contribution in [2.24, 2.45) is 10.9 Å². The molecule has 0 spiro atoms. The maximum absolute atomic E-state index is 12.6. The molecule has 0 saturated carbocycles. The number of benzene rings is 2. The molecule has 2 unspecified atom stereocenters. The van der Waals surface area contributed by atoms with Gasteiger partial charge in [-0.05, 0) is 67.1 Å². The van der Waals surface area contributed by atoms with Gasteiger partial charge in [0.1, 0.15) is 24.6 Å². The first-order valence-corrected chi connectivity index (χ1v) is 19.1. The summed E-state index contributed by atoms with van der Waals surface area (Å²) < 4.78 is 18.1. The Balaban J connectivity index is 1.09. The van der Waals surface area contributed by atoms with E-state index in [1.165, 1.54) is 0 Å². The molecule has 3 aromatic rings. The van der Waals surface area contributed by atoms with Crippen molar-refractivity contribution >= 4 is 31.1 Å².